The Morgan fingerprint density at radius 1 is 1.60 bits per heavy atom. The topological polar surface area (TPSA) is 3.24 Å². The fraction of sp³-hybridized carbons (Fsp3) is 0.778. The van der Waals surface area contributed by atoms with Gasteiger partial charge in [-0.2, -0.15) is 0 Å². The van der Waals surface area contributed by atoms with Gasteiger partial charge in [-0.05, 0) is 40.3 Å². The molecule has 1 fully saturated rings. The molecule has 0 aromatic carbocycles. The predicted octanol–water partition coefficient (Wildman–Crippen LogP) is 2.05. The van der Waals surface area contributed by atoms with Crippen LogP contribution in [0.2, 0.25) is 0 Å². The molecule has 1 atom stereocenters. The number of nitrogens with zero attached hydrogens (tertiary/aromatic N) is 1. The normalized spacial score (nSPS) is 33.1. The van der Waals surface area contributed by atoms with Gasteiger partial charge in [0.05, 0.1) is 0 Å². The van der Waals surface area contributed by atoms with Crippen LogP contribution in [0.4, 0.5) is 0 Å². The van der Waals surface area contributed by atoms with Gasteiger partial charge in [-0.15, -0.1) is 0 Å². The quantitative estimate of drug-likeness (QED) is 0.464. The molecule has 0 spiro atoms. The van der Waals surface area contributed by atoms with E-state index in [-0.39, 0.29) is 0 Å². The van der Waals surface area contributed by atoms with Gasteiger partial charge in [-0.3, -0.25) is 4.90 Å². The Labute approximate surface area is 63.7 Å². The summed E-state index contributed by atoms with van der Waals surface area (Å²) in [4.78, 5) is 2.42. The van der Waals surface area contributed by atoms with E-state index in [2.05, 4.69) is 31.9 Å². The minimum absolute atomic E-state index is 0.679. The van der Waals surface area contributed by atoms with Crippen molar-refractivity contribution in [2.75, 3.05) is 13.6 Å². The Morgan fingerprint density at radius 2 is 2.30 bits per heavy atom. The van der Waals surface area contributed by atoms with Gasteiger partial charge < -0.3 is 0 Å². The second kappa shape index (κ2) is 3.20. The van der Waals surface area contributed by atoms with E-state index in [1.165, 1.54) is 19.4 Å². The molecule has 1 nitrogen and oxygen atoms in total. The molecule has 0 aliphatic carbocycles. The van der Waals surface area contributed by atoms with E-state index in [0.29, 0.717) is 6.04 Å². The van der Waals surface area contributed by atoms with Crippen molar-refractivity contribution in [2.45, 2.75) is 32.7 Å². The second-order valence-electron chi connectivity index (χ2n) is 3.12. The van der Waals surface area contributed by atoms with Crippen LogP contribution in [-0.2, 0) is 0 Å². The van der Waals surface area contributed by atoms with Crippen molar-refractivity contribution in [1.29, 1.82) is 0 Å². The largest absolute Gasteiger partial charge is 0.300 e. The van der Waals surface area contributed by atoms with Crippen molar-refractivity contribution in [1.82, 2.24) is 4.90 Å². The minimum Gasteiger partial charge on any atom is -0.300 e. The molecule has 1 heteroatoms. The van der Waals surface area contributed by atoms with Crippen molar-refractivity contribution in [3.05, 3.63) is 11.6 Å². The molecule has 0 radical (unpaired) electrons. The lowest BCUT2D eigenvalue weighted by Gasteiger charge is -2.32. The Hall–Kier alpha value is -0.300. The molecular formula is C9H17N. The molecule has 0 aromatic heterocycles. The van der Waals surface area contributed by atoms with Crippen molar-refractivity contribution in [2.24, 2.45) is 0 Å². The van der Waals surface area contributed by atoms with Crippen LogP contribution < -0.4 is 0 Å². The third kappa shape index (κ3) is 1.40. The van der Waals surface area contributed by atoms with Gasteiger partial charge in [0.1, 0.15) is 0 Å². The first kappa shape index (κ1) is 7.80. The second-order valence-corrected chi connectivity index (χ2v) is 3.12. The third-order valence-electron chi connectivity index (χ3n) is 2.54. The van der Waals surface area contributed by atoms with Crippen LogP contribution in [0, 0.1) is 0 Å². The highest BCUT2D eigenvalue weighted by atomic mass is 15.1. The molecule has 58 valence electrons. The van der Waals surface area contributed by atoms with Gasteiger partial charge in [-0.1, -0.05) is 11.6 Å². The molecule has 0 unspecified atom stereocenters. The van der Waals surface area contributed by atoms with Crippen LogP contribution in [0.5, 0.6) is 0 Å². The van der Waals surface area contributed by atoms with Crippen LogP contribution in [0.1, 0.15) is 26.7 Å². The summed E-state index contributed by atoms with van der Waals surface area (Å²) >= 11 is 0. The van der Waals surface area contributed by atoms with E-state index in [9.17, 15) is 0 Å². The number of allylic oxidation sites excluding steroid dienone is 1. The number of hydrogen-bond acceptors (Lipinski definition) is 1. The zero-order valence-corrected chi connectivity index (χ0v) is 7.22. The van der Waals surface area contributed by atoms with Crippen LogP contribution in [0.3, 0.4) is 0 Å². The van der Waals surface area contributed by atoms with Gasteiger partial charge in [-0.25, -0.2) is 0 Å². The van der Waals surface area contributed by atoms with Crippen molar-refractivity contribution in [3.8, 4) is 0 Å². The van der Waals surface area contributed by atoms with E-state index in [1.54, 1.807) is 5.57 Å². The molecule has 0 aromatic rings. The van der Waals surface area contributed by atoms with Gasteiger partial charge in [0.15, 0.2) is 0 Å². The Kier molecular flexibility index (Phi) is 2.50. The number of likely N-dealkylation sites (N-methyl/N-ethyl adjacent to an activating group) is 1. The predicted molar refractivity (Wildman–Crippen MR) is 45.1 cm³/mol. The van der Waals surface area contributed by atoms with E-state index >= 15 is 0 Å². The summed E-state index contributed by atoms with van der Waals surface area (Å²) < 4.78 is 0. The molecule has 1 heterocycles. The maximum Gasteiger partial charge on any atom is 0.0276 e. The average Bonchev–Trinajstić information content (AvgIpc) is 1.95. The van der Waals surface area contributed by atoms with Crippen LogP contribution in [0.15, 0.2) is 11.6 Å². The SMILES string of the molecule is C/C=C1\CCCN(C)[C@@H]1C. The van der Waals surface area contributed by atoms with E-state index in [0.717, 1.165) is 0 Å². The van der Waals surface area contributed by atoms with Gasteiger partial charge in [0.2, 0.25) is 0 Å². The summed E-state index contributed by atoms with van der Waals surface area (Å²) in [6.45, 7) is 5.69. The Morgan fingerprint density at radius 3 is 2.80 bits per heavy atom. The fourth-order valence-corrected chi connectivity index (χ4v) is 1.60. The first-order chi connectivity index (χ1) is 4.75. The summed E-state index contributed by atoms with van der Waals surface area (Å²) in [5, 5.41) is 0. The van der Waals surface area contributed by atoms with Crippen molar-refractivity contribution >= 4 is 0 Å². The number of hydrogen-bond donors (Lipinski definition) is 0. The smallest absolute Gasteiger partial charge is 0.0276 e. The molecule has 10 heavy (non-hydrogen) atoms. The van der Waals surface area contributed by atoms with Gasteiger partial charge >= 0.3 is 0 Å². The number of piperidine rings is 1. The highest BCUT2D eigenvalue weighted by molar-refractivity contribution is 5.10. The summed E-state index contributed by atoms with van der Waals surface area (Å²) in [7, 11) is 2.20. The molecule has 1 saturated heterocycles. The van der Waals surface area contributed by atoms with Crippen molar-refractivity contribution in [3.63, 3.8) is 0 Å². The van der Waals surface area contributed by atoms with Crippen LogP contribution in [0.25, 0.3) is 0 Å². The molecular weight excluding hydrogens is 122 g/mol. The summed E-state index contributed by atoms with van der Waals surface area (Å²) in [5.41, 5.74) is 1.61. The number of likely N-dealkylation sites (tertiary alicyclic amines) is 1. The van der Waals surface area contributed by atoms with E-state index < -0.39 is 0 Å². The average molecular weight is 139 g/mol. The molecule has 1 aliphatic heterocycles. The van der Waals surface area contributed by atoms with Gasteiger partial charge in [0.25, 0.3) is 0 Å². The van der Waals surface area contributed by atoms with E-state index in [1.807, 2.05) is 0 Å². The first-order valence-electron chi connectivity index (χ1n) is 4.11. The maximum absolute atomic E-state index is 2.42. The van der Waals surface area contributed by atoms with Crippen molar-refractivity contribution < 1.29 is 0 Å². The summed E-state index contributed by atoms with van der Waals surface area (Å²) in [6.07, 6.45) is 4.91. The summed E-state index contributed by atoms with van der Waals surface area (Å²) in [5.74, 6) is 0. The third-order valence-corrected chi connectivity index (χ3v) is 2.54. The molecule has 0 saturated carbocycles. The molecule has 0 amide bonds. The standard InChI is InChI=1S/C9H17N/c1-4-9-6-5-7-10(3)8(9)2/h4,8H,5-7H2,1-3H3/b9-4+/t8-/m1/s1. The van der Waals surface area contributed by atoms with Gasteiger partial charge in [0, 0.05) is 6.04 Å². The minimum atomic E-state index is 0.679. The Bertz CT molecular complexity index is 138. The number of rotatable bonds is 0. The molecule has 0 N–H and O–H groups in total. The molecule has 1 rings (SSSR count). The lowest BCUT2D eigenvalue weighted by Crippen LogP contribution is -2.35. The first-order valence-corrected chi connectivity index (χ1v) is 4.11. The highest BCUT2D eigenvalue weighted by Crippen LogP contribution is 2.20. The maximum atomic E-state index is 2.42. The highest BCUT2D eigenvalue weighted by Gasteiger charge is 2.17. The zero-order valence-electron chi connectivity index (χ0n) is 7.22. The summed E-state index contributed by atoms with van der Waals surface area (Å²) in [6, 6.07) is 0.679. The van der Waals surface area contributed by atoms with E-state index in [4.69, 9.17) is 0 Å². The Balaban J connectivity index is 2.60. The monoisotopic (exact) mass is 139 g/mol. The van der Waals surface area contributed by atoms with Crippen LogP contribution in [-0.4, -0.2) is 24.5 Å². The van der Waals surface area contributed by atoms with Crippen LogP contribution >= 0.6 is 0 Å². The lowest BCUT2D eigenvalue weighted by molar-refractivity contribution is 0.250. The molecule has 1 aliphatic rings. The lowest BCUT2D eigenvalue weighted by atomic mass is 9.97. The fourth-order valence-electron chi connectivity index (χ4n) is 1.60. The molecule has 0 bridgehead atoms. The zero-order chi connectivity index (χ0) is 7.56.